The van der Waals surface area contributed by atoms with Gasteiger partial charge in [0.05, 0.1) is 5.92 Å². The summed E-state index contributed by atoms with van der Waals surface area (Å²) >= 11 is 0. The van der Waals surface area contributed by atoms with Gasteiger partial charge in [0.2, 0.25) is 0 Å². The van der Waals surface area contributed by atoms with Crippen molar-refractivity contribution in [3.63, 3.8) is 0 Å². The first-order valence-corrected chi connectivity index (χ1v) is 4.49. The van der Waals surface area contributed by atoms with Crippen molar-refractivity contribution in [2.75, 3.05) is 13.1 Å². The lowest BCUT2D eigenvalue weighted by Crippen LogP contribution is -2.53. The first-order valence-electron chi connectivity index (χ1n) is 4.49. The summed E-state index contributed by atoms with van der Waals surface area (Å²) in [5, 5.41) is 8.76. The van der Waals surface area contributed by atoms with Crippen molar-refractivity contribution in [2.45, 2.75) is 26.8 Å². The van der Waals surface area contributed by atoms with Gasteiger partial charge in [-0.05, 0) is 12.8 Å². The molecule has 2 unspecified atom stereocenters. The van der Waals surface area contributed by atoms with E-state index in [4.69, 9.17) is 5.11 Å². The Morgan fingerprint density at radius 3 is 2.33 bits per heavy atom. The highest BCUT2D eigenvalue weighted by molar-refractivity contribution is 5.70. The highest BCUT2D eigenvalue weighted by atomic mass is 16.4. The molecule has 1 aliphatic heterocycles. The van der Waals surface area contributed by atoms with Gasteiger partial charge >= 0.3 is 5.97 Å². The zero-order valence-electron chi connectivity index (χ0n) is 7.95. The summed E-state index contributed by atoms with van der Waals surface area (Å²) in [5.41, 5.74) is 0. The molecule has 1 saturated heterocycles. The van der Waals surface area contributed by atoms with Crippen LogP contribution in [0.2, 0.25) is 0 Å². The minimum atomic E-state index is -0.693. The lowest BCUT2D eigenvalue weighted by Gasteiger charge is -2.42. The van der Waals surface area contributed by atoms with Gasteiger partial charge in [-0.15, -0.1) is 0 Å². The summed E-state index contributed by atoms with van der Waals surface area (Å²) in [7, 11) is 0. The van der Waals surface area contributed by atoms with Crippen LogP contribution in [0.15, 0.2) is 0 Å². The average Bonchev–Trinajstić information content (AvgIpc) is 1.95. The van der Waals surface area contributed by atoms with Crippen LogP contribution in [0, 0.1) is 11.8 Å². The second-order valence-corrected chi connectivity index (χ2v) is 3.93. The molecule has 0 saturated carbocycles. The molecule has 3 nitrogen and oxygen atoms in total. The monoisotopic (exact) mass is 171 g/mol. The van der Waals surface area contributed by atoms with Crippen molar-refractivity contribution in [1.82, 2.24) is 4.90 Å². The number of nitrogens with zero attached hydrogens (tertiary/aromatic N) is 1. The Bertz CT molecular complexity index is 175. The smallest absolute Gasteiger partial charge is 0.307 e. The van der Waals surface area contributed by atoms with E-state index < -0.39 is 5.97 Å². The number of carbonyl (C=O) groups is 1. The molecule has 1 aliphatic rings. The van der Waals surface area contributed by atoms with E-state index in [2.05, 4.69) is 11.8 Å². The topological polar surface area (TPSA) is 40.5 Å². The fourth-order valence-electron chi connectivity index (χ4n) is 1.60. The second kappa shape index (κ2) is 3.44. The number of carboxylic acids is 1. The van der Waals surface area contributed by atoms with Gasteiger partial charge in [-0.1, -0.05) is 13.8 Å². The molecule has 0 bridgehead atoms. The maximum atomic E-state index is 10.6. The van der Waals surface area contributed by atoms with E-state index in [1.165, 1.54) is 0 Å². The van der Waals surface area contributed by atoms with E-state index in [1.807, 2.05) is 6.92 Å². The predicted molar refractivity (Wildman–Crippen MR) is 47.0 cm³/mol. The van der Waals surface area contributed by atoms with Crippen molar-refractivity contribution < 1.29 is 9.90 Å². The molecule has 0 amide bonds. The number of rotatable bonds is 3. The molecule has 1 rings (SSSR count). The molecule has 1 N–H and O–H groups in total. The lowest BCUT2D eigenvalue weighted by molar-refractivity contribution is -0.144. The van der Waals surface area contributed by atoms with Gasteiger partial charge < -0.3 is 5.11 Å². The average molecular weight is 171 g/mol. The van der Waals surface area contributed by atoms with Gasteiger partial charge in [-0.25, -0.2) is 0 Å². The normalized spacial score (nSPS) is 24.6. The molecular formula is C9H17NO2. The molecule has 0 spiro atoms. The molecule has 0 aromatic rings. The van der Waals surface area contributed by atoms with Crippen LogP contribution < -0.4 is 0 Å². The maximum Gasteiger partial charge on any atom is 0.307 e. The minimum Gasteiger partial charge on any atom is -0.481 e. The van der Waals surface area contributed by atoms with Crippen LogP contribution in [-0.4, -0.2) is 35.1 Å². The summed E-state index contributed by atoms with van der Waals surface area (Å²) in [6.45, 7) is 8.06. The molecule has 0 aliphatic carbocycles. The quantitative estimate of drug-likeness (QED) is 0.690. The third-order valence-corrected chi connectivity index (χ3v) is 2.78. The van der Waals surface area contributed by atoms with Gasteiger partial charge in [0.25, 0.3) is 0 Å². The molecule has 0 radical (unpaired) electrons. The Kier molecular flexibility index (Phi) is 2.73. The highest BCUT2D eigenvalue weighted by Gasteiger charge is 2.32. The van der Waals surface area contributed by atoms with E-state index in [0.717, 1.165) is 19.0 Å². The third kappa shape index (κ3) is 1.78. The Hall–Kier alpha value is -0.570. The number of hydrogen-bond donors (Lipinski definition) is 1. The van der Waals surface area contributed by atoms with E-state index in [0.29, 0.717) is 0 Å². The van der Waals surface area contributed by atoms with Crippen LogP contribution in [0.1, 0.15) is 20.8 Å². The van der Waals surface area contributed by atoms with Gasteiger partial charge in [-0.2, -0.15) is 0 Å². The Morgan fingerprint density at radius 2 is 2.00 bits per heavy atom. The van der Waals surface area contributed by atoms with Gasteiger partial charge in [0.1, 0.15) is 0 Å². The van der Waals surface area contributed by atoms with Crippen LogP contribution in [0.3, 0.4) is 0 Å². The van der Waals surface area contributed by atoms with Crippen LogP contribution in [-0.2, 0) is 4.79 Å². The second-order valence-electron chi connectivity index (χ2n) is 3.93. The third-order valence-electron chi connectivity index (χ3n) is 2.78. The Balaban J connectivity index is 2.37. The number of hydrogen-bond acceptors (Lipinski definition) is 2. The molecule has 1 heterocycles. The van der Waals surface area contributed by atoms with E-state index in [-0.39, 0.29) is 12.0 Å². The molecule has 3 heteroatoms. The van der Waals surface area contributed by atoms with E-state index in [1.54, 1.807) is 6.92 Å². The van der Waals surface area contributed by atoms with Crippen molar-refractivity contribution in [3.05, 3.63) is 0 Å². The summed E-state index contributed by atoms with van der Waals surface area (Å²) < 4.78 is 0. The standard InChI is InChI=1S/C9H17NO2/c1-6-4-10(5-6)8(3)7(2)9(11)12/h6-8H,4-5H2,1-3H3,(H,11,12). The highest BCUT2D eigenvalue weighted by Crippen LogP contribution is 2.21. The molecular weight excluding hydrogens is 154 g/mol. The molecule has 70 valence electrons. The molecule has 0 aromatic carbocycles. The van der Waals surface area contributed by atoms with Crippen molar-refractivity contribution >= 4 is 5.97 Å². The molecule has 2 atom stereocenters. The zero-order valence-corrected chi connectivity index (χ0v) is 7.95. The first-order chi connectivity index (χ1) is 5.52. The van der Waals surface area contributed by atoms with E-state index >= 15 is 0 Å². The predicted octanol–water partition coefficient (Wildman–Crippen LogP) is 1.05. The van der Waals surface area contributed by atoms with Crippen molar-refractivity contribution in [3.8, 4) is 0 Å². The fourth-order valence-corrected chi connectivity index (χ4v) is 1.60. The van der Waals surface area contributed by atoms with Crippen LogP contribution in [0.4, 0.5) is 0 Å². The van der Waals surface area contributed by atoms with Crippen molar-refractivity contribution in [2.24, 2.45) is 11.8 Å². The maximum absolute atomic E-state index is 10.6. The molecule has 0 aromatic heterocycles. The zero-order chi connectivity index (χ0) is 9.30. The number of likely N-dealkylation sites (tertiary alicyclic amines) is 1. The van der Waals surface area contributed by atoms with Crippen LogP contribution in [0.25, 0.3) is 0 Å². The van der Waals surface area contributed by atoms with E-state index in [9.17, 15) is 4.79 Å². The van der Waals surface area contributed by atoms with Crippen LogP contribution in [0.5, 0.6) is 0 Å². The van der Waals surface area contributed by atoms with Crippen LogP contribution >= 0.6 is 0 Å². The summed E-state index contributed by atoms with van der Waals surface area (Å²) in [6, 6.07) is 0.179. The lowest BCUT2D eigenvalue weighted by atomic mass is 9.94. The SMILES string of the molecule is CC1CN(C(C)C(C)C(=O)O)C1. The Labute approximate surface area is 73.4 Å². The number of aliphatic carboxylic acids is 1. The number of carboxylic acid groups (broad SMARTS) is 1. The molecule has 1 fully saturated rings. The molecule has 12 heavy (non-hydrogen) atoms. The first kappa shape index (κ1) is 9.52. The largest absolute Gasteiger partial charge is 0.481 e. The van der Waals surface area contributed by atoms with Crippen molar-refractivity contribution in [1.29, 1.82) is 0 Å². The fraction of sp³-hybridized carbons (Fsp3) is 0.889. The summed E-state index contributed by atoms with van der Waals surface area (Å²) in [5.74, 6) is -0.201. The summed E-state index contributed by atoms with van der Waals surface area (Å²) in [6.07, 6.45) is 0. The van der Waals surface area contributed by atoms with Gasteiger partial charge in [0, 0.05) is 19.1 Å². The van der Waals surface area contributed by atoms with Gasteiger partial charge in [0.15, 0.2) is 0 Å². The summed E-state index contributed by atoms with van der Waals surface area (Å²) in [4.78, 5) is 12.9. The Morgan fingerprint density at radius 1 is 1.50 bits per heavy atom. The van der Waals surface area contributed by atoms with Gasteiger partial charge in [-0.3, -0.25) is 9.69 Å². The minimum absolute atomic E-state index is 0.179.